The number of nitrogens with one attached hydrogen (secondary N) is 2. The van der Waals surface area contributed by atoms with Gasteiger partial charge in [0.25, 0.3) is 5.56 Å². The zero-order valence-electron chi connectivity index (χ0n) is 15.0. The molecule has 2 aliphatic carbocycles. The fraction of sp³-hybridized carbons (Fsp3) is 0.400. The fourth-order valence-electron chi connectivity index (χ4n) is 4.78. The summed E-state index contributed by atoms with van der Waals surface area (Å²) in [6, 6.07) is 9.34. The molecule has 0 atom stereocenters. The second-order valence-corrected chi connectivity index (χ2v) is 8.01. The van der Waals surface area contributed by atoms with Gasteiger partial charge in [-0.2, -0.15) is 5.10 Å². The summed E-state index contributed by atoms with van der Waals surface area (Å²) in [6.45, 7) is 1.80. The van der Waals surface area contributed by atoms with Crippen LogP contribution in [0.4, 0.5) is 5.82 Å². The zero-order valence-corrected chi connectivity index (χ0v) is 15.0. The predicted molar refractivity (Wildman–Crippen MR) is 99.4 cm³/mol. The molecule has 138 valence electrons. The summed E-state index contributed by atoms with van der Waals surface area (Å²) in [5, 5.41) is 15.2. The van der Waals surface area contributed by atoms with E-state index in [0.29, 0.717) is 22.9 Å². The number of carbonyl (C=O) groups excluding carboxylic acids is 1. The number of aromatic nitrogens is 3. The van der Waals surface area contributed by atoms with Crippen molar-refractivity contribution >= 4 is 22.5 Å². The summed E-state index contributed by atoms with van der Waals surface area (Å²) in [5.41, 5.74) is 1.07. The predicted octanol–water partition coefficient (Wildman–Crippen LogP) is 3.13. The van der Waals surface area contributed by atoms with Gasteiger partial charge in [0.2, 0.25) is 5.91 Å². The number of amides is 1. The molecule has 2 N–H and O–H groups in total. The highest BCUT2D eigenvalue weighted by molar-refractivity contribution is 5.92. The molecule has 0 saturated heterocycles. The first-order chi connectivity index (χ1) is 13.0. The van der Waals surface area contributed by atoms with Crippen molar-refractivity contribution in [3.8, 4) is 0 Å². The molecule has 2 aliphatic rings. The van der Waals surface area contributed by atoms with Gasteiger partial charge in [0.05, 0.1) is 11.1 Å². The van der Waals surface area contributed by atoms with Crippen molar-refractivity contribution in [2.45, 2.75) is 38.5 Å². The van der Waals surface area contributed by atoms with Crippen LogP contribution in [0.25, 0.3) is 10.8 Å². The Balaban J connectivity index is 1.24. The number of nitrogens with zero attached hydrogens (tertiary/aromatic N) is 2. The number of hydrogen-bond acceptors (Lipinski definition) is 5. The Kier molecular flexibility index (Phi) is 3.47. The van der Waals surface area contributed by atoms with Gasteiger partial charge in [-0.15, -0.1) is 0 Å². The van der Waals surface area contributed by atoms with Crippen molar-refractivity contribution in [2.24, 2.45) is 11.3 Å². The average molecular weight is 364 g/mol. The molecule has 1 aromatic carbocycles. The van der Waals surface area contributed by atoms with Gasteiger partial charge in [0.15, 0.2) is 5.82 Å². The summed E-state index contributed by atoms with van der Waals surface area (Å²) in [4.78, 5) is 24.3. The van der Waals surface area contributed by atoms with E-state index in [9.17, 15) is 9.59 Å². The van der Waals surface area contributed by atoms with Crippen LogP contribution in [0.3, 0.4) is 0 Å². The SMILES string of the molecule is Cc1cc(NC(=O)C2CC3(C2)CC(c2n[nH]c(=O)c4ccccc24)C3)no1. The lowest BCUT2D eigenvalue weighted by atomic mass is 9.47. The molecule has 7 nitrogen and oxygen atoms in total. The number of carbonyl (C=O) groups is 1. The maximum Gasteiger partial charge on any atom is 0.272 e. The Hall–Kier alpha value is -2.96. The van der Waals surface area contributed by atoms with E-state index in [-0.39, 0.29) is 22.8 Å². The number of hydrogen-bond donors (Lipinski definition) is 2. The molecule has 27 heavy (non-hydrogen) atoms. The third kappa shape index (κ3) is 2.65. The molecule has 5 rings (SSSR count). The fourth-order valence-corrected chi connectivity index (χ4v) is 4.78. The standard InChI is InChI=1S/C20H20N4O3/c1-11-6-16(24-27-11)21-18(25)13-9-20(10-13)7-12(8-20)17-14-4-2-3-5-15(14)19(26)23-22-17/h2-6,12-13H,7-10H2,1H3,(H,23,26)(H,21,24,25). The van der Waals surface area contributed by atoms with Gasteiger partial charge in [0.1, 0.15) is 5.76 Å². The number of benzene rings is 1. The lowest BCUT2D eigenvalue weighted by molar-refractivity contribution is -0.132. The molecule has 0 unspecified atom stereocenters. The minimum absolute atomic E-state index is 0.0185. The molecule has 2 saturated carbocycles. The monoisotopic (exact) mass is 364 g/mol. The third-order valence-electron chi connectivity index (χ3n) is 6.08. The molecular weight excluding hydrogens is 344 g/mol. The van der Waals surface area contributed by atoms with Gasteiger partial charge < -0.3 is 9.84 Å². The Morgan fingerprint density at radius 1 is 1.22 bits per heavy atom. The van der Waals surface area contributed by atoms with Gasteiger partial charge in [-0.1, -0.05) is 23.4 Å². The first-order valence-corrected chi connectivity index (χ1v) is 9.25. The number of aromatic amines is 1. The Morgan fingerprint density at radius 3 is 2.67 bits per heavy atom. The maximum atomic E-state index is 12.4. The summed E-state index contributed by atoms with van der Waals surface area (Å²) >= 11 is 0. The summed E-state index contributed by atoms with van der Waals surface area (Å²) in [5.74, 6) is 1.55. The first-order valence-electron chi connectivity index (χ1n) is 9.25. The van der Waals surface area contributed by atoms with Crippen molar-refractivity contribution < 1.29 is 9.32 Å². The van der Waals surface area contributed by atoms with E-state index in [2.05, 4.69) is 20.7 Å². The molecule has 0 radical (unpaired) electrons. The summed E-state index contributed by atoms with van der Waals surface area (Å²) in [7, 11) is 0. The van der Waals surface area contributed by atoms with E-state index in [1.54, 1.807) is 13.0 Å². The lowest BCUT2D eigenvalue weighted by Gasteiger charge is -2.57. The average Bonchev–Trinajstić information content (AvgIpc) is 2.99. The van der Waals surface area contributed by atoms with Gasteiger partial charge in [-0.3, -0.25) is 9.59 Å². The third-order valence-corrected chi connectivity index (χ3v) is 6.08. The largest absolute Gasteiger partial charge is 0.360 e. The van der Waals surface area contributed by atoms with E-state index >= 15 is 0 Å². The van der Waals surface area contributed by atoms with Crippen molar-refractivity contribution in [2.75, 3.05) is 5.32 Å². The first kappa shape index (κ1) is 16.2. The Labute approximate surface area is 155 Å². The number of anilines is 1. The molecule has 0 aliphatic heterocycles. The van der Waals surface area contributed by atoms with E-state index in [4.69, 9.17) is 4.52 Å². The summed E-state index contributed by atoms with van der Waals surface area (Å²) in [6.07, 6.45) is 3.83. The molecule has 7 heteroatoms. The molecule has 2 heterocycles. The minimum atomic E-state index is -0.146. The number of rotatable bonds is 3. The van der Waals surface area contributed by atoms with Crippen molar-refractivity contribution in [1.29, 1.82) is 0 Å². The van der Waals surface area contributed by atoms with Gasteiger partial charge in [0, 0.05) is 23.3 Å². The molecule has 0 bridgehead atoms. The van der Waals surface area contributed by atoms with Crippen LogP contribution in [0.1, 0.15) is 43.1 Å². The van der Waals surface area contributed by atoms with Crippen LogP contribution >= 0.6 is 0 Å². The zero-order chi connectivity index (χ0) is 18.6. The quantitative estimate of drug-likeness (QED) is 0.743. The highest BCUT2D eigenvalue weighted by Crippen LogP contribution is 2.64. The molecule has 2 fully saturated rings. The van der Waals surface area contributed by atoms with E-state index in [1.807, 2.05) is 24.3 Å². The lowest BCUT2D eigenvalue weighted by Crippen LogP contribution is -2.50. The second-order valence-electron chi connectivity index (χ2n) is 8.01. The number of H-pyrrole nitrogens is 1. The van der Waals surface area contributed by atoms with Crippen LogP contribution in [-0.2, 0) is 4.79 Å². The van der Waals surface area contributed by atoms with E-state index in [1.165, 1.54) is 0 Å². The minimum Gasteiger partial charge on any atom is -0.360 e. The second kappa shape index (κ2) is 5.77. The molecular formula is C20H20N4O3. The van der Waals surface area contributed by atoms with Gasteiger partial charge in [-0.05, 0) is 44.1 Å². The number of aryl methyl sites for hydroxylation is 1. The van der Waals surface area contributed by atoms with Crippen LogP contribution < -0.4 is 10.9 Å². The molecule has 1 amide bonds. The molecule has 2 aromatic heterocycles. The van der Waals surface area contributed by atoms with Crippen LogP contribution in [-0.4, -0.2) is 21.3 Å². The van der Waals surface area contributed by atoms with Crippen molar-refractivity contribution in [1.82, 2.24) is 15.4 Å². The van der Waals surface area contributed by atoms with Crippen molar-refractivity contribution in [3.63, 3.8) is 0 Å². The Bertz CT molecular complexity index is 1090. The molecule has 1 spiro atoms. The highest BCUT2D eigenvalue weighted by Gasteiger charge is 2.55. The van der Waals surface area contributed by atoms with Crippen LogP contribution in [0.2, 0.25) is 0 Å². The van der Waals surface area contributed by atoms with E-state index in [0.717, 1.165) is 36.8 Å². The highest BCUT2D eigenvalue weighted by atomic mass is 16.5. The molecule has 3 aromatic rings. The van der Waals surface area contributed by atoms with Crippen LogP contribution in [0.15, 0.2) is 39.6 Å². The van der Waals surface area contributed by atoms with Gasteiger partial charge >= 0.3 is 0 Å². The summed E-state index contributed by atoms with van der Waals surface area (Å²) < 4.78 is 4.98. The van der Waals surface area contributed by atoms with Crippen molar-refractivity contribution in [3.05, 3.63) is 52.1 Å². The Morgan fingerprint density at radius 2 is 1.96 bits per heavy atom. The van der Waals surface area contributed by atoms with E-state index < -0.39 is 0 Å². The van der Waals surface area contributed by atoms with Crippen LogP contribution in [0, 0.1) is 18.3 Å². The smallest absolute Gasteiger partial charge is 0.272 e. The topological polar surface area (TPSA) is 101 Å². The number of fused-ring (bicyclic) bond motifs is 1. The maximum absolute atomic E-state index is 12.4. The van der Waals surface area contributed by atoms with Gasteiger partial charge in [-0.25, -0.2) is 5.10 Å². The van der Waals surface area contributed by atoms with Crippen LogP contribution in [0.5, 0.6) is 0 Å². The normalized spacial score (nSPS) is 26.6.